The van der Waals surface area contributed by atoms with Crippen molar-refractivity contribution in [1.82, 2.24) is 9.13 Å². The van der Waals surface area contributed by atoms with Crippen LogP contribution in [0.4, 0.5) is 5.69 Å². The predicted molar refractivity (Wildman–Crippen MR) is 70.5 cm³/mol. The van der Waals surface area contributed by atoms with Gasteiger partial charge in [0.15, 0.2) is 12.0 Å². The topological polar surface area (TPSA) is 117 Å². The zero-order valence-corrected chi connectivity index (χ0v) is 11.0. The van der Waals surface area contributed by atoms with Crippen LogP contribution in [0.15, 0.2) is 32.3 Å². The van der Waals surface area contributed by atoms with Crippen molar-refractivity contribution in [3.05, 3.63) is 60.8 Å². The highest BCUT2D eigenvalue weighted by molar-refractivity contribution is 5.70. The third-order valence-corrected chi connectivity index (χ3v) is 2.87. The van der Waals surface area contributed by atoms with E-state index in [4.69, 9.17) is 4.42 Å². The summed E-state index contributed by atoms with van der Waals surface area (Å²) >= 11 is 0. The molecule has 9 heteroatoms. The minimum atomic E-state index is -1.02. The molecule has 0 unspecified atom stereocenters. The lowest BCUT2D eigenvalue weighted by atomic mass is 10.4. The molecule has 2 aromatic heterocycles. The summed E-state index contributed by atoms with van der Waals surface area (Å²) in [6.07, 6.45) is 1.39. The van der Waals surface area contributed by atoms with Gasteiger partial charge in [-0.05, 0) is 19.1 Å². The lowest BCUT2D eigenvalue weighted by molar-refractivity contribution is -0.387. The fourth-order valence-electron chi connectivity index (χ4n) is 1.83. The summed E-state index contributed by atoms with van der Waals surface area (Å²) in [4.78, 5) is 44.6. The Morgan fingerprint density at radius 3 is 2.62 bits per heavy atom. The fraction of sp³-hybridized carbons (Fsp3) is 0.250. The Balaban J connectivity index is 2.58. The first-order chi connectivity index (χ1) is 9.97. The maximum absolute atomic E-state index is 12.1. The summed E-state index contributed by atoms with van der Waals surface area (Å²) in [7, 11) is 0. The molecule has 0 amide bonds. The van der Waals surface area contributed by atoms with E-state index in [1.165, 1.54) is 12.1 Å². The zero-order chi connectivity index (χ0) is 15.6. The average molecular weight is 293 g/mol. The molecule has 0 spiro atoms. The van der Waals surface area contributed by atoms with Gasteiger partial charge in [-0.1, -0.05) is 0 Å². The molecule has 0 aromatic carbocycles. The van der Waals surface area contributed by atoms with Gasteiger partial charge in [0.1, 0.15) is 5.76 Å². The lowest BCUT2D eigenvalue weighted by Crippen LogP contribution is -2.40. The molecule has 2 rings (SSSR count). The first-order valence-electron chi connectivity index (χ1n) is 6.00. The molecule has 0 fully saturated rings. The van der Waals surface area contributed by atoms with E-state index in [2.05, 4.69) is 0 Å². The number of carbonyl (C=O) groups excluding carboxylic acids is 1. The van der Waals surface area contributed by atoms with Crippen molar-refractivity contribution >= 4 is 12.0 Å². The molecule has 0 aliphatic heterocycles. The number of aldehydes is 1. The second-order valence-electron chi connectivity index (χ2n) is 4.15. The summed E-state index contributed by atoms with van der Waals surface area (Å²) in [5.74, 6) is 0.221. The lowest BCUT2D eigenvalue weighted by Gasteiger charge is -2.07. The van der Waals surface area contributed by atoms with Crippen LogP contribution in [0.5, 0.6) is 0 Å². The van der Waals surface area contributed by atoms with E-state index in [1.54, 1.807) is 6.92 Å². The van der Waals surface area contributed by atoms with Crippen LogP contribution in [0.25, 0.3) is 0 Å². The Labute approximate surface area is 117 Å². The standard InChI is InChI=1S/C12H11N3O6/c1-2-13-6-10(15(19)20)11(17)14(12(13)18)5-8-3-4-9(7-16)21-8/h3-4,6-7H,2,5H2,1H3. The van der Waals surface area contributed by atoms with Gasteiger partial charge in [0.2, 0.25) is 0 Å². The van der Waals surface area contributed by atoms with Gasteiger partial charge in [-0.3, -0.25) is 24.3 Å². The van der Waals surface area contributed by atoms with E-state index in [1.807, 2.05) is 0 Å². The molecule has 9 nitrogen and oxygen atoms in total. The molecule has 0 aliphatic carbocycles. The number of aryl methyl sites for hydroxylation is 1. The number of carbonyl (C=O) groups is 1. The Morgan fingerprint density at radius 2 is 2.10 bits per heavy atom. The minimum absolute atomic E-state index is 0.0410. The van der Waals surface area contributed by atoms with E-state index in [0.29, 0.717) is 10.9 Å². The van der Waals surface area contributed by atoms with Crippen molar-refractivity contribution < 1.29 is 14.1 Å². The predicted octanol–water partition coefficient (Wildman–Crippen LogP) is 0.392. The Bertz CT molecular complexity index is 813. The summed E-state index contributed by atoms with van der Waals surface area (Å²) in [6.45, 7) is 1.52. The largest absolute Gasteiger partial charge is 0.456 e. The van der Waals surface area contributed by atoms with Gasteiger partial charge in [-0.25, -0.2) is 9.36 Å². The first kappa shape index (κ1) is 14.4. The SMILES string of the molecule is CCn1cc([N+](=O)[O-])c(=O)n(Cc2ccc(C=O)o2)c1=O. The first-order valence-corrected chi connectivity index (χ1v) is 6.00. The van der Waals surface area contributed by atoms with Gasteiger partial charge in [0.25, 0.3) is 0 Å². The monoisotopic (exact) mass is 293 g/mol. The van der Waals surface area contributed by atoms with Crippen LogP contribution in [0.2, 0.25) is 0 Å². The van der Waals surface area contributed by atoms with Gasteiger partial charge in [0, 0.05) is 6.54 Å². The normalized spacial score (nSPS) is 10.5. The third kappa shape index (κ3) is 2.66. The molecule has 0 saturated carbocycles. The average Bonchev–Trinajstić information content (AvgIpc) is 2.91. The number of hydrogen-bond acceptors (Lipinski definition) is 6. The Kier molecular flexibility index (Phi) is 3.83. The Morgan fingerprint density at radius 1 is 1.38 bits per heavy atom. The highest BCUT2D eigenvalue weighted by Gasteiger charge is 2.20. The molecule has 2 aromatic rings. The highest BCUT2D eigenvalue weighted by Crippen LogP contribution is 2.07. The summed E-state index contributed by atoms with van der Waals surface area (Å²) in [5, 5.41) is 10.9. The molecular formula is C12H11N3O6. The van der Waals surface area contributed by atoms with Gasteiger partial charge < -0.3 is 4.42 Å². The summed E-state index contributed by atoms with van der Waals surface area (Å²) in [6, 6.07) is 2.80. The van der Waals surface area contributed by atoms with Crippen LogP contribution in [0, 0.1) is 10.1 Å². The van der Waals surface area contributed by atoms with Gasteiger partial charge in [-0.2, -0.15) is 0 Å². The second-order valence-corrected chi connectivity index (χ2v) is 4.15. The summed E-state index contributed by atoms with van der Waals surface area (Å²) < 4.78 is 6.84. The van der Waals surface area contributed by atoms with Crippen LogP contribution < -0.4 is 11.2 Å². The van der Waals surface area contributed by atoms with Crippen LogP contribution in [0.3, 0.4) is 0 Å². The van der Waals surface area contributed by atoms with Crippen molar-refractivity contribution in [3.8, 4) is 0 Å². The van der Waals surface area contributed by atoms with Crippen molar-refractivity contribution in [2.75, 3.05) is 0 Å². The van der Waals surface area contributed by atoms with Crippen molar-refractivity contribution in [1.29, 1.82) is 0 Å². The van der Waals surface area contributed by atoms with E-state index in [0.717, 1.165) is 10.8 Å². The molecule has 21 heavy (non-hydrogen) atoms. The fourth-order valence-corrected chi connectivity index (χ4v) is 1.83. The van der Waals surface area contributed by atoms with Crippen LogP contribution in [-0.2, 0) is 13.1 Å². The van der Waals surface area contributed by atoms with Crippen LogP contribution in [-0.4, -0.2) is 20.3 Å². The molecule has 0 N–H and O–H groups in total. The van der Waals surface area contributed by atoms with Gasteiger partial charge >= 0.3 is 16.9 Å². The Hall–Kier alpha value is -2.97. The highest BCUT2D eigenvalue weighted by atomic mass is 16.6. The zero-order valence-electron chi connectivity index (χ0n) is 11.0. The molecule has 0 bridgehead atoms. The van der Waals surface area contributed by atoms with E-state index in [9.17, 15) is 24.5 Å². The van der Waals surface area contributed by atoms with Gasteiger partial charge in [0.05, 0.1) is 17.7 Å². The van der Waals surface area contributed by atoms with E-state index >= 15 is 0 Å². The number of aromatic nitrogens is 2. The van der Waals surface area contributed by atoms with E-state index in [-0.39, 0.29) is 24.6 Å². The molecule has 2 heterocycles. The third-order valence-electron chi connectivity index (χ3n) is 2.87. The number of rotatable bonds is 5. The molecular weight excluding hydrogens is 282 g/mol. The summed E-state index contributed by atoms with van der Waals surface area (Å²) in [5.41, 5.74) is -2.39. The molecule has 0 atom stereocenters. The second kappa shape index (κ2) is 5.57. The quantitative estimate of drug-likeness (QED) is 0.447. The maximum Gasteiger partial charge on any atom is 0.350 e. The van der Waals surface area contributed by atoms with Crippen molar-refractivity contribution in [3.63, 3.8) is 0 Å². The van der Waals surface area contributed by atoms with Crippen molar-refractivity contribution in [2.24, 2.45) is 0 Å². The van der Waals surface area contributed by atoms with Crippen LogP contribution in [0.1, 0.15) is 23.2 Å². The van der Waals surface area contributed by atoms with E-state index < -0.39 is 21.9 Å². The maximum atomic E-state index is 12.1. The van der Waals surface area contributed by atoms with Crippen molar-refractivity contribution in [2.45, 2.75) is 20.0 Å². The number of nitrogens with zero attached hydrogens (tertiary/aromatic N) is 3. The molecule has 0 saturated heterocycles. The number of hydrogen-bond donors (Lipinski definition) is 0. The van der Waals surface area contributed by atoms with Gasteiger partial charge in [-0.15, -0.1) is 0 Å². The molecule has 0 radical (unpaired) electrons. The molecule has 110 valence electrons. The smallest absolute Gasteiger partial charge is 0.350 e. The number of nitro groups is 1. The molecule has 0 aliphatic rings. The minimum Gasteiger partial charge on any atom is -0.456 e. The van der Waals surface area contributed by atoms with Crippen LogP contribution >= 0.6 is 0 Å². The number of furan rings is 1.